The summed E-state index contributed by atoms with van der Waals surface area (Å²) in [4.78, 5) is 29.7. The predicted molar refractivity (Wildman–Crippen MR) is 130 cm³/mol. The topological polar surface area (TPSA) is 121 Å². The fourth-order valence-electron chi connectivity index (χ4n) is 3.56. The Morgan fingerprint density at radius 1 is 1.08 bits per heavy atom. The zero-order valence-corrected chi connectivity index (χ0v) is 21.0. The summed E-state index contributed by atoms with van der Waals surface area (Å²) in [6, 6.07) is 13.0. The van der Waals surface area contributed by atoms with Crippen LogP contribution in [0.5, 0.6) is 0 Å². The van der Waals surface area contributed by atoms with Gasteiger partial charge in [-0.1, -0.05) is 49.2 Å². The van der Waals surface area contributed by atoms with Gasteiger partial charge >= 0.3 is 18.1 Å². The van der Waals surface area contributed by atoms with Gasteiger partial charge in [0.05, 0.1) is 17.9 Å². The third-order valence-electron chi connectivity index (χ3n) is 5.57. The van der Waals surface area contributed by atoms with Gasteiger partial charge in [0.25, 0.3) is 10.2 Å². The summed E-state index contributed by atoms with van der Waals surface area (Å²) in [7, 11) is -1.04. The molecule has 1 heterocycles. The molecule has 0 aliphatic carbocycles. The number of hydrogen-bond donors (Lipinski definition) is 2. The van der Waals surface area contributed by atoms with E-state index in [0.717, 1.165) is 20.6 Å². The number of fused-ring (bicyclic) bond motifs is 1. The molecule has 1 atom stereocenters. The molecule has 0 aliphatic rings. The van der Waals surface area contributed by atoms with Crippen LogP contribution in [-0.4, -0.2) is 54.9 Å². The van der Waals surface area contributed by atoms with Gasteiger partial charge in [-0.25, -0.2) is 9.78 Å². The molecule has 0 saturated heterocycles. The Kier molecular flexibility index (Phi) is 9.05. The molecule has 0 spiro atoms. The molecule has 0 saturated carbocycles. The molecular formula is C24H27F3N4O5S. The standard InChI is InChI=1S/C24H27F3N4O5S/c1-31(2)37(34,35)30-19(10-4-3-5-11-21(32)36-23(33)24(25,26)27)22-28-15-20(29-22)18-13-12-16-8-6-7-9-17(16)14-18/h6-9,12-15,19,30H,3-5,10-11H2,1-2H3,(H,28,29). The highest BCUT2D eigenvalue weighted by atomic mass is 32.2. The van der Waals surface area contributed by atoms with Gasteiger partial charge in [0.15, 0.2) is 0 Å². The molecular weight excluding hydrogens is 513 g/mol. The number of aromatic amines is 1. The van der Waals surface area contributed by atoms with Crippen LogP contribution in [-0.2, 0) is 24.5 Å². The number of alkyl halides is 3. The first-order valence-electron chi connectivity index (χ1n) is 11.4. The van der Waals surface area contributed by atoms with Crippen molar-refractivity contribution in [2.45, 2.75) is 44.3 Å². The molecule has 13 heteroatoms. The molecule has 0 bridgehead atoms. The van der Waals surface area contributed by atoms with Gasteiger partial charge in [0.1, 0.15) is 5.82 Å². The van der Waals surface area contributed by atoms with Crippen molar-refractivity contribution in [3.63, 3.8) is 0 Å². The van der Waals surface area contributed by atoms with Crippen molar-refractivity contribution in [1.82, 2.24) is 19.0 Å². The predicted octanol–water partition coefficient (Wildman–Crippen LogP) is 4.25. The van der Waals surface area contributed by atoms with Crippen LogP contribution in [0.2, 0.25) is 0 Å². The van der Waals surface area contributed by atoms with E-state index < -0.39 is 34.4 Å². The zero-order valence-electron chi connectivity index (χ0n) is 20.2. The second-order valence-corrected chi connectivity index (χ2v) is 10.5. The Bertz CT molecular complexity index is 1360. The van der Waals surface area contributed by atoms with Gasteiger partial charge < -0.3 is 9.72 Å². The molecule has 0 aliphatic heterocycles. The van der Waals surface area contributed by atoms with Crippen LogP contribution in [0.25, 0.3) is 22.0 Å². The molecule has 3 aromatic rings. The fourth-order valence-corrected chi connectivity index (χ4v) is 4.36. The van der Waals surface area contributed by atoms with E-state index in [2.05, 4.69) is 19.4 Å². The third-order valence-corrected chi connectivity index (χ3v) is 7.11. The molecule has 9 nitrogen and oxygen atoms in total. The van der Waals surface area contributed by atoms with E-state index >= 15 is 0 Å². The normalized spacial score (nSPS) is 13.1. The van der Waals surface area contributed by atoms with Gasteiger partial charge in [-0.2, -0.15) is 30.6 Å². The van der Waals surface area contributed by atoms with Gasteiger partial charge in [-0.3, -0.25) is 4.79 Å². The van der Waals surface area contributed by atoms with E-state index in [9.17, 15) is 31.2 Å². The van der Waals surface area contributed by atoms with Crippen molar-refractivity contribution < 1.29 is 35.9 Å². The Balaban J connectivity index is 1.65. The third kappa shape index (κ3) is 7.84. The maximum Gasteiger partial charge on any atom is 0.491 e. The molecule has 0 fully saturated rings. The number of esters is 2. The minimum Gasteiger partial charge on any atom is -0.386 e. The fraction of sp³-hybridized carbons (Fsp3) is 0.375. The number of carbonyl (C=O) groups is 2. The Labute approximate surface area is 212 Å². The van der Waals surface area contributed by atoms with E-state index in [4.69, 9.17) is 0 Å². The number of halogens is 3. The second-order valence-electron chi connectivity index (χ2n) is 8.56. The minimum atomic E-state index is -5.23. The number of imidazole rings is 1. The first kappa shape index (κ1) is 28.3. The molecule has 0 radical (unpaired) electrons. The van der Waals surface area contributed by atoms with E-state index in [-0.39, 0.29) is 12.8 Å². The number of hydrogen-bond acceptors (Lipinski definition) is 6. The molecule has 2 aromatic carbocycles. The average Bonchev–Trinajstić information content (AvgIpc) is 3.32. The summed E-state index contributed by atoms with van der Waals surface area (Å²) in [5, 5.41) is 2.12. The molecule has 2 N–H and O–H groups in total. The number of aromatic nitrogens is 2. The van der Waals surface area contributed by atoms with Crippen molar-refractivity contribution in [1.29, 1.82) is 0 Å². The molecule has 37 heavy (non-hydrogen) atoms. The molecule has 1 unspecified atom stereocenters. The summed E-state index contributed by atoms with van der Waals surface area (Å²) in [5.74, 6) is -3.42. The number of nitrogens with one attached hydrogen (secondary N) is 2. The monoisotopic (exact) mass is 540 g/mol. The van der Waals surface area contributed by atoms with Gasteiger partial charge in [0, 0.05) is 26.1 Å². The van der Waals surface area contributed by atoms with Crippen LogP contribution >= 0.6 is 0 Å². The van der Waals surface area contributed by atoms with E-state index in [1.807, 2.05) is 42.5 Å². The number of rotatable bonds is 11. The first-order valence-corrected chi connectivity index (χ1v) is 12.9. The lowest BCUT2D eigenvalue weighted by atomic mass is 10.1. The minimum absolute atomic E-state index is 0.164. The van der Waals surface area contributed by atoms with Crippen molar-refractivity contribution in [3.05, 3.63) is 54.5 Å². The van der Waals surface area contributed by atoms with Crippen LogP contribution in [0.1, 0.15) is 44.0 Å². The van der Waals surface area contributed by atoms with Crippen molar-refractivity contribution in [3.8, 4) is 11.3 Å². The lowest BCUT2D eigenvalue weighted by molar-refractivity contribution is -0.201. The maximum absolute atomic E-state index is 12.5. The summed E-state index contributed by atoms with van der Waals surface area (Å²) in [6.45, 7) is 0. The highest BCUT2D eigenvalue weighted by molar-refractivity contribution is 7.87. The number of ether oxygens (including phenoxy) is 1. The molecule has 0 amide bonds. The van der Waals surface area contributed by atoms with Crippen LogP contribution in [0.15, 0.2) is 48.7 Å². The number of unbranched alkanes of at least 4 members (excludes halogenated alkanes) is 2. The highest BCUT2D eigenvalue weighted by Crippen LogP contribution is 2.26. The Hall–Kier alpha value is -3.29. The Morgan fingerprint density at radius 2 is 1.78 bits per heavy atom. The molecule has 3 rings (SSSR count). The number of H-pyrrole nitrogens is 1. The SMILES string of the molecule is CN(C)S(=O)(=O)NC(CCCCCC(=O)OC(=O)C(F)(F)F)c1ncc(-c2ccc3ccccc3c2)[nH]1. The largest absolute Gasteiger partial charge is 0.491 e. The van der Waals surface area contributed by atoms with Gasteiger partial charge in [-0.05, 0) is 29.7 Å². The number of benzene rings is 2. The molecule has 1 aromatic heterocycles. The van der Waals surface area contributed by atoms with E-state index in [1.165, 1.54) is 14.1 Å². The lowest BCUT2D eigenvalue weighted by Crippen LogP contribution is -2.38. The van der Waals surface area contributed by atoms with E-state index in [0.29, 0.717) is 30.8 Å². The quantitative estimate of drug-likeness (QED) is 0.213. The first-order chi connectivity index (χ1) is 17.4. The van der Waals surface area contributed by atoms with Crippen LogP contribution < -0.4 is 4.72 Å². The average molecular weight is 541 g/mol. The summed E-state index contributed by atoms with van der Waals surface area (Å²) >= 11 is 0. The number of nitrogens with zero attached hydrogens (tertiary/aromatic N) is 2. The summed E-state index contributed by atoms with van der Waals surface area (Å²) < 4.78 is 68.9. The zero-order chi connectivity index (χ0) is 27.2. The van der Waals surface area contributed by atoms with Crippen molar-refractivity contribution in [2.75, 3.05) is 14.1 Å². The Morgan fingerprint density at radius 3 is 2.46 bits per heavy atom. The van der Waals surface area contributed by atoms with E-state index in [1.54, 1.807) is 6.20 Å². The van der Waals surface area contributed by atoms with Crippen LogP contribution in [0.4, 0.5) is 13.2 Å². The lowest BCUT2D eigenvalue weighted by Gasteiger charge is -2.20. The van der Waals surface area contributed by atoms with Crippen molar-refractivity contribution >= 4 is 32.9 Å². The van der Waals surface area contributed by atoms with Gasteiger partial charge in [0.2, 0.25) is 0 Å². The summed E-state index contributed by atoms with van der Waals surface area (Å²) in [6.07, 6.45) is -2.72. The summed E-state index contributed by atoms with van der Waals surface area (Å²) in [5.41, 5.74) is 1.57. The maximum atomic E-state index is 12.5. The molecule has 200 valence electrons. The highest BCUT2D eigenvalue weighted by Gasteiger charge is 2.42. The van der Waals surface area contributed by atoms with Gasteiger partial charge in [-0.15, -0.1) is 0 Å². The van der Waals surface area contributed by atoms with Crippen LogP contribution in [0, 0.1) is 0 Å². The van der Waals surface area contributed by atoms with Crippen LogP contribution in [0.3, 0.4) is 0 Å². The second kappa shape index (κ2) is 11.8. The smallest absolute Gasteiger partial charge is 0.386 e. The van der Waals surface area contributed by atoms with Crippen molar-refractivity contribution in [2.24, 2.45) is 0 Å². The number of carbonyl (C=O) groups excluding carboxylic acids is 2.